The Morgan fingerprint density at radius 3 is 2.11 bits per heavy atom. The molecule has 4 heterocycles. The Balaban J connectivity index is 0.979. The molecule has 14 heteroatoms. The molecule has 2 amide bonds. The number of hydrogen-bond acceptors (Lipinski definition) is 9. The van der Waals surface area contributed by atoms with Crippen LogP contribution >= 0.6 is 11.3 Å². The number of nitrogens with zero attached hydrogens (tertiary/aromatic N) is 8. The van der Waals surface area contributed by atoms with E-state index in [9.17, 15) is 18.4 Å². The third-order valence-corrected chi connectivity index (χ3v) is 14.3. The van der Waals surface area contributed by atoms with Gasteiger partial charge in [0, 0.05) is 66.4 Å². The minimum absolute atomic E-state index is 0.0462. The van der Waals surface area contributed by atoms with Crippen LogP contribution in [0.25, 0.3) is 0 Å². The highest BCUT2D eigenvalue weighted by Crippen LogP contribution is 2.40. The van der Waals surface area contributed by atoms with E-state index in [0.717, 1.165) is 55.0 Å². The van der Waals surface area contributed by atoms with E-state index < -0.39 is 23.7 Å². The lowest BCUT2D eigenvalue weighted by Gasteiger charge is -2.32. The zero-order valence-corrected chi connectivity index (χ0v) is 38.4. The van der Waals surface area contributed by atoms with E-state index >= 15 is 4.39 Å². The molecule has 342 valence electrons. The second kappa shape index (κ2) is 19.8. The third kappa shape index (κ3) is 9.86. The number of thiazole rings is 1. The van der Waals surface area contributed by atoms with Crippen molar-refractivity contribution in [2.75, 3.05) is 46.8 Å². The Bertz CT molecular complexity index is 2610. The van der Waals surface area contributed by atoms with Crippen LogP contribution in [0.5, 0.6) is 0 Å². The van der Waals surface area contributed by atoms with Crippen LogP contribution in [0.2, 0.25) is 0 Å². The number of likely N-dealkylation sites (tertiary alicyclic amines) is 2. The summed E-state index contributed by atoms with van der Waals surface area (Å²) in [5.74, 6) is -0.516. The van der Waals surface area contributed by atoms with Crippen LogP contribution in [0.1, 0.15) is 73.9 Å². The number of aromatic nitrogens is 2. The average Bonchev–Trinajstić information content (AvgIpc) is 3.66. The standard InChI is InChI=1S/C52H55F3N8O2S/c1-4-61(41-21-22-41)49-27-12-36(30-56-49)32-62(51(65)48-11-8-28-60(48)31-35-9-6-5-7-10-35)43-23-24-45(55)44(29-43)46-25-26-47(59(46)3)50(64)63(42-19-15-38(54)16-20-42)33-39-34-66-52(57-39)58(2)40-17-13-37(53)14-18-40/h5-7,9-10,12-20,23-24,27,29-30,34,41,46-48H,4,8,11,21-22,25-26,28,31-33H2,1-3H3. The molecular weight excluding hydrogens is 858 g/mol. The summed E-state index contributed by atoms with van der Waals surface area (Å²) >= 11 is 1.39. The molecule has 0 spiro atoms. The van der Waals surface area contributed by atoms with Crippen molar-refractivity contribution in [1.82, 2.24) is 19.8 Å². The van der Waals surface area contributed by atoms with Gasteiger partial charge in [0.15, 0.2) is 5.13 Å². The van der Waals surface area contributed by atoms with Gasteiger partial charge in [-0.2, -0.15) is 0 Å². The number of likely N-dealkylation sites (N-methyl/N-ethyl adjacent to an activating group) is 1. The predicted molar refractivity (Wildman–Crippen MR) is 255 cm³/mol. The first-order chi connectivity index (χ1) is 32.0. The number of carbonyl (C=O) groups is 2. The highest BCUT2D eigenvalue weighted by atomic mass is 32.1. The Labute approximate surface area is 388 Å². The largest absolute Gasteiger partial charge is 0.354 e. The Hall–Kier alpha value is -6.09. The third-order valence-electron chi connectivity index (χ3n) is 13.3. The van der Waals surface area contributed by atoms with Gasteiger partial charge in [0.1, 0.15) is 23.3 Å². The smallest absolute Gasteiger partial charge is 0.244 e. The van der Waals surface area contributed by atoms with Gasteiger partial charge in [-0.25, -0.2) is 23.1 Å². The number of benzene rings is 4. The van der Waals surface area contributed by atoms with Gasteiger partial charge in [0.25, 0.3) is 0 Å². The molecule has 6 aromatic rings. The maximum atomic E-state index is 16.3. The van der Waals surface area contributed by atoms with Crippen molar-refractivity contribution < 1.29 is 22.8 Å². The second-order valence-corrected chi connectivity index (χ2v) is 18.5. The van der Waals surface area contributed by atoms with Gasteiger partial charge >= 0.3 is 0 Å². The Kier molecular flexibility index (Phi) is 13.5. The van der Waals surface area contributed by atoms with Crippen LogP contribution in [0.15, 0.2) is 121 Å². The molecule has 3 atom stereocenters. The number of carbonyl (C=O) groups excluding carboxylic acids is 2. The summed E-state index contributed by atoms with van der Waals surface area (Å²) in [7, 11) is 3.68. The number of halogens is 3. The summed E-state index contributed by atoms with van der Waals surface area (Å²) in [5, 5.41) is 2.53. The number of hydrogen-bond donors (Lipinski definition) is 0. The SMILES string of the molecule is CCN(c1ccc(CN(C(=O)C2CCCN2Cc2ccccc2)c2ccc(F)c(C3CCC(C(=O)N(Cc4csc(N(C)c5ccc(F)cc5)n4)c4ccc(F)cc4)N3C)c2)cn1)C1CC1. The molecule has 1 aliphatic carbocycles. The molecule has 2 aliphatic heterocycles. The first-order valence-electron chi connectivity index (χ1n) is 22.9. The van der Waals surface area contributed by atoms with Crippen molar-refractivity contribution >= 4 is 51.2 Å². The van der Waals surface area contributed by atoms with Crippen LogP contribution < -0.4 is 19.6 Å². The molecule has 3 fully saturated rings. The normalized spacial score (nSPS) is 18.7. The Morgan fingerprint density at radius 1 is 0.742 bits per heavy atom. The van der Waals surface area contributed by atoms with E-state index in [-0.39, 0.29) is 36.8 Å². The van der Waals surface area contributed by atoms with Gasteiger partial charge in [0.05, 0.1) is 30.9 Å². The molecule has 3 unspecified atom stereocenters. The maximum absolute atomic E-state index is 16.3. The topological polar surface area (TPSA) is 79.4 Å². The number of anilines is 5. The summed E-state index contributed by atoms with van der Waals surface area (Å²) in [4.78, 5) is 51.1. The molecule has 0 radical (unpaired) electrons. The van der Waals surface area contributed by atoms with E-state index in [1.165, 1.54) is 41.7 Å². The van der Waals surface area contributed by atoms with Gasteiger partial charge in [-0.15, -0.1) is 11.3 Å². The molecule has 10 nitrogen and oxygen atoms in total. The average molecular weight is 913 g/mol. The van der Waals surface area contributed by atoms with E-state index in [2.05, 4.69) is 28.9 Å². The lowest BCUT2D eigenvalue weighted by atomic mass is 10.0. The highest BCUT2D eigenvalue weighted by molar-refractivity contribution is 7.13. The van der Waals surface area contributed by atoms with Gasteiger partial charge in [-0.05, 0) is 143 Å². The number of amides is 2. The van der Waals surface area contributed by atoms with Gasteiger partial charge in [-0.3, -0.25) is 19.4 Å². The van der Waals surface area contributed by atoms with Crippen LogP contribution in [0, 0.1) is 17.5 Å². The van der Waals surface area contributed by atoms with E-state index in [1.807, 2.05) is 65.8 Å². The van der Waals surface area contributed by atoms with Crippen molar-refractivity contribution in [2.45, 2.75) is 89.3 Å². The zero-order chi connectivity index (χ0) is 45.9. The monoisotopic (exact) mass is 912 g/mol. The maximum Gasteiger partial charge on any atom is 0.244 e. The van der Waals surface area contributed by atoms with Gasteiger partial charge in [-0.1, -0.05) is 36.4 Å². The molecule has 4 aromatic carbocycles. The summed E-state index contributed by atoms with van der Waals surface area (Å²) in [6.45, 7) is 4.83. The van der Waals surface area contributed by atoms with E-state index in [1.54, 1.807) is 46.2 Å². The summed E-state index contributed by atoms with van der Waals surface area (Å²) < 4.78 is 44.2. The molecule has 2 aromatic heterocycles. The lowest BCUT2D eigenvalue weighted by Crippen LogP contribution is -2.45. The molecule has 9 rings (SSSR count). The van der Waals surface area contributed by atoms with Crippen LogP contribution in [0.4, 0.5) is 41.2 Å². The second-order valence-electron chi connectivity index (χ2n) is 17.6. The predicted octanol–water partition coefficient (Wildman–Crippen LogP) is 10.3. The van der Waals surface area contributed by atoms with Crippen molar-refractivity contribution in [3.63, 3.8) is 0 Å². The van der Waals surface area contributed by atoms with Crippen molar-refractivity contribution in [2.24, 2.45) is 0 Å². The highest BCUT2D eigenvalue weighted by Gasteiger charge is 2.41. The molecule has 2 saturated heterocycles. The first kappa shape index (κ1) is 45.1. The fraction of sp³-hybridized carbons (Fsp3) is 0.346. The first-order valence-corrected chi connectivity index (χ1v) is 23.8. The van der Waals surface area contributed by atoms with Gasteiger partial charge < -0.3 is 19.6 Å². The molecule has 1 saturated carbocycles. The summed E-state index contributed by atoms with van der Waals surface area (Å²) in [6, 6.07) is 30.2. The van der Waals surface area contributed by atoms with Crippen molar-refractivity contribution in [3.05, 3.63) is 161 Å². The molecule has 0 N–H and O–H groups in total. The zero-order valence-electron chi connectivity index (χ0n) is 37.6. The van der Waals surface area contributed by atoms with Crippen molar-refractivity contribution in [3.8, 4) is 0 Å². The quantitative estimate of drug-likeness (QED) is 0.0950. The summed E-state index contributed by atoms with van der Waals surface area (Å²) in [6.07, 6.45) is 6.73. The minimum Gasteiger partial charge on any atom is -0.354 e. The number of rotatable bonds is 16. The number of pyridine rings is 1. The molecule has 0 bridgehead atoms. The fourth-order valence-corrected chi connectivity index (χ4v) is 10.4. The van der Waals surface area contributed by atoms with E-state index in [0.29, 0.717) is 59.6 Å². The van der Waals surface area contributed by atoms with E-state index in [4.69, 9.17) is 9.97 Å². The van der Waals surface area contributed by atoms with Crippen LogP contribution in [-0.4, -0.2) is 76.9 Å². The minimum atomic E-state index is -0.631. The van der Waals surface area contributed by atoms with Crippen molar-refractivity contribution in [1.29, 1.82) is 0 Å². The summed E-state index contributed by atoms with van der Waals surface area (Å²) in [5.41, 5.74) is 4.90. The Morgan fingerprint density at radius 2 is 1.42 bits per heavy atom. The van der Waals surface area contributed by atoms with Crippen LogP contribution in [-0.2, 0) is 29.2 Å². The lowest BCUT2D eigenvalue weighted by molar-refractivity contribution is -0.123. The molecule has 66 heavy (non-hydrogen) atoms. The van der Waals surface area contributed by atoms with Crippen LogP contribution in [0.3, 0.4) is 0 Å². The fourth-order valence-electron chi connectivity index (χ4n) is 9.57. The molecule has 3 aliphatic rings. The molecular formula is C52H55F3N8O2S. The van der Waals surface area contributed by atoms with Gasteiger partial charge in [0.2, 0.25) is 11.8 Å².